The molecule has 0 radical (unpaired) electrons. The highest BCUT2D eigenvalue weighted by Gasteiger charge is 2.22. The Bertz CT molecular complexity index is 397. The van der Waals surface area contributed by atoms with Crippen LogP contribution in [0.2, 0.25) is 0 Å². The van der Waals surface area contributed by atoms with Crippen LogP contribution < -0.4 is 11.1 Å². The van der Waals surface area contributed by atoms with Crippen molar-refractivity contribution in [3.05, 3.63) is 35.9 Å². The molecule has 0 aliphatic rings. The Kier molecular flexibility index (Phi) is 7.00. The lowest BCUT2D eigenvalue weighted by Gasteiger charge is -2.23. The number of aliphatic hydroxyl groups excluding tert-OH is 2. The van der Waals surface area contributed by atoms with Gasteiger partial charge in [0.1, 0.15) is 12.2 Å². The number of ether oxygens (including phenoxy) is 1. The number of carbonyl (C=O) groups is 1. The van der Waals surface area contributed by atoms with Crippen LogP contribution in [0.15, 0.2) is 30.3 Å². The number of nitrogens with one attached hydrogen (secondary N) is 1. The van der Waals surface area contributed by atoms with E-state index in [2.05, 4.69) is 5.32 Å². The van der Waals surface area contributed by atoms with E-state index in [1.807, 2.05) is 30.3 Å². The Morgan fingerprint density at radius 1 is 1.30 bits per heavy atom. The molecule has 0 aromatic heterocycles. The first-order chi connectivity index (χ1) is 9.49. The van der Waals surface area contributed by atoms with Crippen molar-refractivity contribution >= 4 is 6.09 Å². The first-order valence-electron chi connectivity index (χ1n) is 6.56. The highest BCUT2D eigenvalue weighted by Crippen LogP contribution is 2.09. The number of hydrogen-bond donors (Lipinski definition) is 4. The second kappa shape index (κ2) is 8.52. The summed E-state index contributed by atoms with van der Waals surface area (Å²) in [6.07, 6.45) is -2.67. The van der Waals surface area contributed by atoms with Crippen molar-refractivity contribution in [2.24, 2.45) is 5.73 Å². The number of amides is 1. The number of primary amides is 1. The summed E-state index contributed by atoms with van der Waals surface area (Å²) in [5.74, 6) is 0. The summed E-state index contributed by atoms with van der Waals surface area (Å²) in [7, 11) is 0. The monoisotopic (exact) mass is 282 g/mol. The summed E-state index contributed by atoms with van der Waals surface area (Å²) in [5, 5.41) is 22.1. The molecule has 0 aliphatic carbocycles. The van der Waals surface area contributed by atoms with Crippen molar-refractivity contribution in [2.75, 3.05) is 13.1 Å². The molecule has 1 aromatic rings. The molecule has 0 saturated heterocycles. The maximum absolute atomic E-state index is 10.9. The lowest BCUT2D eigenvalue weighted by atomic mass is 10.0. The number of aliphatic hydroxyl groups is 2. The first kappa shape index (κ1) is 16.4. The number of hydrogen-bond acceptors (Lipinski definition) is 5. The van der Waals surface area contributed by atoms with E-state index in [1.165, 1.54) is 0 Å². The van der Waals surface area contributed by atoms with Gasteiger partial charge in [-0.05, 0) is 12.5 Å². The van der Waals surface area contributed by atoms with Gasteiger partial charge in [0.25, 0.3) is 0 Å². The Morgan fingerprint density at radius 3 is 2.50 bits per heavy atom. The van der Waals surface area contributed by atoms with E-state index in [1.54, 1.807) is 6.92 Å². The van der Waals surface area contributed by atoms with E-state index >= 15 is 0 Å². The van der Waals surface area contributed by atoms with Crippen LogP contribution in [0.3, 0.4) is 0 Å². The fourth-order valence-electron chi connectivity index (χ4n) is 1.82. The summed E-state index contributed by atoms with van der Waals surface area (Å²) < 4.78 is 4.96. The van der Waals surface area contributed by atoms with E-state index in [-0.39, 0.29) is 6.54 Å². The third-order valence-corrected chi connectivity index (χ3v) is 2.77. The Balaban J connectivity index is 2.56. The normalized spacial score (nSPS) is 15.3. The molecule has 0 unspecified atom stereocenters. The van der Waals surface area contributed by atoms with Crippen LogP contribution in [0.1, 0.15) is 12.5 Å². The largest absolute Gasteiger partial charge is 0.443 e. The highest BCUT2D eigenvalue weighted by atomic mass is 16.6. The Morgan fingerprint density at radius 2 is 1.95 bits per heavy atom. The third kappa shape index (κ3) is 6.51. The molecule has 1 rings (SSSR count). The fourth-order valence-corrected chi connectivity index (χ4v) is 1.82. The van der Waals surface area contributed by atoms with Gasteiger partial charge in [-0.1, -0.05) is 30.3 Å². The van der Waals surface area contributed by atoms with Crippen LogP contribution in [0.4, 0.5) is 4.79 Å². The first-order valence-corrected chi connectivity index (χ1v) is 6.56. The highest BCUT2D eigenvalue weighted by molar-refractivity contribution is 5.64. The van der Waals surface area contributed by atoms with Crippen LogP contribution >= 0.6 is 0 Å². The maximum atomic E-state index is 10.9. The van der Waals surface area contributed by atoms with Crippen molar-refractivity contribution in [3.8, 4) is 0 Å². The molecular weight excluding hydrogens is 260 g/mol. The second-order valence-electron chi connectivity index (χ2n) is 4.74. The standard InChI is InChI=1S/C14H22N2O4/c1-10(17)8-16-9-12(18)13(20-14(15)19)7-11-5-3-2-4-6-11/h2-6,10,12-13,16-18H,7-9H2,1H3,(H2,15,19)/t10-,12+,13-/m0/s1. The smallest absolute Gasteiger partial charge is 0.404 e. The predicted molar refractivity (Wildman–Crippen MR) is 75.2 cm³/mol. The molecule has 0 saturated carbocycles. The summed E-state index contributed by atoms with van der Waals surface area (Å²) in [4.78, 5) is 10.9. The van der Waals surface area contributed by atoms with Gasteiger partial charge in [-0.2, -0.15) is 0 Å². The van der Waals surface area contributed by atoms with E-state index in [4.69, 9.17) is 15.6 Å². The predicted octanol–water partition coefficient (Wildman–Crippen LogP) is 0.0243. The van der Waals surface area contributed by atoms with Crippen LogP contribution in [0.25, 0.3) is 0 Å². The minimum Gasteiger partial charge on any atom is -0.443 e. The van der Waals surface area contributed by atoms with Gasteiger partial charge in [-0.25, -0.2) is 4.79 Å². The van der Waals surface area contributed by atoms with E-state index in [0.29, 0.717) is 13.0 Å². The summed E-state index contributed by atoms with van der Waals surface area (Å²) in [6, 6.07) is 9.39. The average Bonchev–Trinajstić information content (AvgIpc) is 2.38. The molecule has 112 valence electrons. The molecular formula is C14H22N2O4. The lowest BCUT2D eigenvalue weighted by Crippen LogP contribution is -2.42. The van der Waals surface area contributed by atoms with Crippen molar-refractivity contribution in [2.45, 2.75) is 31.7 Å². The van der Waals surface area contributed by atoms with Crippen molar-refractivity contribution in [1.82, 2.24) is 5.32 Å². The minimum atomic E-state index is -0.916. The lowest BCUT2D eigenvalue weighted by molar-refractivity contribution is 0.00632. The molecule has 0 bridgehead atoms. The SMILES string of the molecule is C[C@H](O)CNC[C@@H](O)[C@H](Cc1ccccc1)OC(N)=O. The van der Waals surface area contributed by atoms with Gasteiger partial charge in [-0.3, -0.25) is 0 Å². The van der Waals surface area contributed by atoms with Crippen LogP contribution in [0, 0.1) is 0 Å². The van der Waals surface area contributed by atoms with Gasteiger partial charge in [0.05, 0.1) is 6.10 Å². The quantitative estimate of drug-likeness (QED) is 0.538. The van der Waals surface area contributed by atoms with Gasteiger partial charge < -0.3 is 26.0 Å². The number of rotatable bonds is 8. The van der Waals surface area contributed by atoms with Gasteiger partial charge >= 0.3 is 6.09 Å². The average molecular weight is 282 g/mol. The van der Waals surface area contributed by atoms with Gasteiger partial charge in [0.2, 0.25) is 0 Å². The van der Waals surface area contributed by atoms with Gasteiger partial charge in [-0.15, -0.1) is 0 Å². The third-order valence-electron chi connectivity index (χ3n) is 2.77. The summed E-state index contributed by atoms with van der Waals surface area (Å²) in [5.41, 5.74) is 5.97. The Hall–Kier alpha value is -1.63. The van der Waals surface area contributed by atoms with E-state index < -0.39 is 24.4 Å². The topological polar surface area (TPSA) is 105 Å². The van der Waals surface area contributed by atoms with Crippen LogP contribution in [-0.4, -0.2) is 47.7 Å². The van der Waals surface area contributed by atoms with Crippen molar-refractivity contribution < 1.29 is 19.7 Å². The van der Waals surface area contributed by atoms with Gasteiger partial charge in [0.15, 0.2) is 0 Å². The minimum absolute atomic E-state index is 0.204. The fraction of sp³-hybridized carbons (Fsp3) is 0.500. The number of nitrogens with two attached hydrogens (primary N) is 1. The zero-order valence-electron chi connectivity index (χ0n) is 11.5. The molecule has 0 spiro atoms. The molecule has 6 heteroatoms. The zero-order valence-corrected chi connectivity index (χ0v) is 11.5. The second-order valence-corrected chi connectivity index (χ2v) is 4.74. The molecule has 3 atom stereocenters. The maximum Gasteiger partial charge on any atom is 0.404 e. The molecule has 0 heterocycles. The van der Waals surface area contributed by atoms with Crippen molar-refractivity contribution in [1.29, 1.82) is 0 Å². The summed E-state index contributed by atoms with van der Waals surface area (Å²) >= 11 is 0. The number of benzene rings is 1. The molecule has 1 aromatic carbocycles. The van der Waals surface area contributed by atoms with E-state index in [0.717, 1.165) is 5.56 Å². The van der Waals surface area contributed by atoms with Crippen LogP contribution in [-0.2, 0) is 11.2 Å². The molecule has 20 heavy (non-hydrogen) atoms. The summed E-state index contributed by atoms with van der Waals surface area (Å²) in [6.45, 7) is 2.20. The molecule has 0 fully saturated rings. The molecule has 0 aliphatic heterocycles. The molecule has 6 nitrogen and oxygen atoms in total. The van der Waals surface area contributed by atoms with Gasteiger partial charge in [0, 0.05) is 19.5 Å². The molecule has 5 N–H and O–H groups in total. The van der Waals surface area contributed by atoms with Crippen LogP contribution in [0.5, 0.6) is 0 Å². The zero-order chi connectivity index (χ0) is 15.0. The van der Waals surface area contributed by atoms with E-state index in [9.17, 15) is 9.90 Å². The number of carbonyl (C=O) groups excluding carboxylic acids is 1. The Labute approximate surface area is 118 Å². The molecule has 1 amide bonds. The van der Waals surface area contributed by atoms with Crippen molar-refractivity contribution in [3.63, 3.8) is 0 Å².